The van der Waals surface area contributed by atoms with Gasteiger partial charge in [0.1, 0.15) is 6.07 Å². The minimum absolute atomic E-state index is 0.565. The smallest absolute Gasteiger partial charge is 0.171 e. The zero-order chi connectivity index (χ0) is 11.1. The molecule has 80 valence electrons. The molecule has 2 aromatic rings. The predicted octanol–water partition coefficient (Wildman–Crippen LogP) is 3.16. The Hall–Kier alpha value is -1.12. The monoisotopic (exact) mass is 247 g/mol. The summed E-state index contributed by atoms with van der Waals surface area (Å²) in [5.74, 6) is 0.565. The van der Waals surface area contributed by atoms with Gasteiger partial charge >= 0.3 is 0 Å². The van der Waals surface area contributed by atoms with Crippen LogP contribution in [0, 0.1) is 11.3 Å². The Kier molecular flexibility index (Phi) is 2.34. The number of nitriles is 1. The van der Waals surface area contributed by atoms with Gasteiger partial charge < -0.3 is 0 Å². The first kappa shape index (κ1) is 10.1. The third kappa shape index (κ3) is 1.49. The van der Waals surface area contributed by atoms with E-state index in [1.165, 1.54) is 18.4 Å². The molecule has 0 spiro atoms. The van der Waals surface area contributed by atoms with Crippen molar-refractivity contribution in [2.45, 2.75) is 23.1 Å². The van der Waals surface area contributed by atoms with Gasteiger partial charge in [0.15, 0.2) is 9.99 Å². The summed E-state index contributed by atoms with van der Waals surface area (Å²) in [4.78, 5) is 8.69. The van der Waals surface area contributed by atoms with Crippen LogP contribution >= 0.6 is 23.1 Å². The zero-order valence-electron chi connectivity index (χ0n) is 8.73. The number of thioether (sulfide) groups is 1. The van der Waals surface area contributed by atoms with E-state index in [1.54, 1.807) is 29.3 Å². The third-order valence-electron chi connectivity index (χ3n) is 2.72. The first-order valence-corrected chi connectivity index (χ1v) is 7.11. The molecule has 5 heteroatoms. The maximum atomic E-state index is 9.11. The quantitative estimate of drug-likeness (QED) is 0.765. The molecule has 16 heavy (non-hydrogen) atoms. The minimum Gasteiger partial charge on any atom is -0.234 e. The van der Waals surface area contributed by atoms with Crippen molar-refractivity contribution in [3.8, 4) is 6.07 Å². The maximum absolute atomic E-state index is 9.11. The van der Waals surface area contributed by atoms with Crippen LogP contribution < -0.4 is 0 Å². The molecule has 2 aromatic heterocycles. The number of hydrogen-bond donors (Lipinski definition) is 0. The second-order valence-corrected chi connectivity index (χ2v) is 5.86. The predicted molar refractivity (Wildman–Crippen MR) is 65.9 cm³/mol. The van der Waals surface area contributed by atoms with Crippen LogP contribution in [0.2, 0.25) is 0 Å². The van der Waals surface area contributed by atoms with Crippen LogP contribution in [0.1, 0.15) is 29.9 Å². The van der Waals surface area contributed by atoms with E-state index in [2.05, 4.69) is 16.0 Å². The van der Waals surface area contributed by atoms with E-state index in [0.717, 1.165) is 20.3 Å². The molecule has 1 fully saturated rings. The molecular formula is C11H9N3S2. The van der Waals surface area contributed by atoms with Crippen LogP contribution in [-0.4, -0.2) is 16.2 Å². The molecule has 3 rings (SSSR count). The van der Waals surface area contributed by atoms with Gasteiger partial charge in [0.05, 0.1) is 10.3 Å². The highest BCUT2D eigenvalue weighted by atomic mass is 32.2. The number of pyridine rings is 1. The fraction of sp³-hybridized carbons (Fsp3) is 0.364. The van der Waals surface area contributed by atoms with E-state index >= 15 is 0 Å². The summed E-state index contributed by atoms with van der Waals surface area (Å²) in [5.41, 5.74) is 2.71. The molecule has 0 atom stereocenters. The number of aromatic nitrogens is 2. The van der Waals surface area contributed by atoms with Crippen LogP contribution in [0.15, 0.2) is 10.5 Å². The summed E-state index contributed by atoms with van der Waals surface area (Å²) >= 11 is 3.29. The van der Waals surface area contributed by atoms with E-state index in [-0.39, 0.29) is 0 Å². The number of nitrogens with zero attached hydrogens (tertiary/aromatic N) is 3. The lowest BCUT2D eigenvalue weighted by Gasteiger charge is -2.00. The Labute approximate surface area is 102 Å². The van der Waals surface area contributed by atoms with Crippen molar-refractivity contribution in [2.24, 2.45) is 0 Å². The van der Waals surface area contributed by atoms with E-state index in [0.29, 0.717) is 5.92 Å². The molecular weight excluding hydrogens is 238 g/mol. The van der Waals surface area contributed by atoms with E-state index in [4.69, 9.17) is 5.26 Å². The SMILES string of the molecule is CSc1nc2ncc(C#N)c(C3CC3)c2s1. The molecule has 1 aliphatic rings. The molecule has 0 saturated heterocycles. The fourth-order valence-corrected chi connectivity index (χ4v) is 3.47. The molecule has 0 aliphatic heterocycles. The van der Waals surface area contributed by atoms with Gasteiger partial charge in [-0.3, -0.25) is 0 Å². The molecule has 0 radical (unpaired) electrons. The van der Waals surface area contributed by atoms with Gasteiger partial charge in [-0.1, -0.05) is 11.8 Å². The zero-order valence-corrected chi connectivity index (χ0v) is 10.4. The third-order valence-corrected chi connectivity index (χ3v) is 4.78. The molecule has 0 unspecified atom stereocenters. The van der Waals surface area contributed by atoms with Crippen LogP contribution in [-0.2, 0) is 0 Å². The van der Waals surface area contributed by atoms with Crippen molar-refractivity contribution >= 4 is 33.4 Å². The Morgan fingerprint density at radius 1 is 1.56 bits per heavy atom. The Morgan fingerprint density at radius 2 is 2.38 bits per heavy atom. The Morgan fingerprint density at radius 3 is 3.00 bits per heavy atom. The molecule has 0 aromatic carbocycles. The van der Waals surface area contributed by atoms with E-state index in [9.17, 15) is 0 Å². The highest BCUT2D eigenvalue weighted by molar-refractivity contribution is 8.00. The summed E-state index contributed by atoms with van der Waals surface area (Å²) in [6.45, 7) is 0. The van der Waals surface area contributed by atoms with Gasteiger partial charge in [0.25, 0.3) is 0 Å². The van der Waals surface area contributed by atoms with Crippen molar-refractivity contribution in [1.82, 2.24) is 9.97 Å². The van der Waals surface area contributed by atoms with Crippen LogP contribution in [0.5, 0.6) is 0 Å². The maximum Gasteiger partial charge on any atom is 0.171 e. The molecule has 3 nitrogen and oxygen atoms in total. The number of thiazole rings is 1. The van der Waals surface area contributed by atoms with Crippen molar-refractivity contribution < 1.29 is 0 Å². The molecule has 2 heterocycles. The lowest BCUT2D eigenvalue weighted by atomic mass is 10.1. The molecule has 0 bridgehead atoms. The van der Waals surface area contributed by atoms with E-state index < -0.39 is 0 Å². The Bertz CT molecular complexity index is 593. The Balaban J connectivity index is 2.30. The summed E-state index contributed by atoms with van der Waals surface area (Å²) in [5, 5.41) is 9.11. The van der Waals surface area contributed by atoms with Crippen molar-refractivity contribution in [3.05, 3.63) is 17.3 Å². The number of hydrogen-bond acceptors (Lipinski definition) is 5. The van der Waals surface area contributed by atoms with E-state index in [1.807, 2.05) is 6.26 Å². The highest BCUT2D eigenvalue weighted by Crippen LogP contribution is 2.46. The van der Waals surface area contributed by atoms with Gasteiger partial charge in [0, 0.05) is 6.20 Å². The molecule has 1 saturated carbocycles. The number of rotatable bonds is 2. The average Bonchev–Trinajstić information content (AvgIpc) is 3.05. The van der Waals surface area contributed by atoms with Crippen molar-refractivity contribution in [1.29, 1.82) is 5.26 Å². The van der Waals surface area contributed by atoms with Crippen LogP contribution in [0.3, 0.4) is 0 Å². The van der Waals surface area contributed by atoms with Crippen LogP contribution in [0.4, 0.5) is 0 Å². The molecule has 1 aliphatic carbocycles. The standard InChI is InChI=1S/C11H9N3S2/c1-15-11-14-10-9(16-11)8(6-2-3-6)7(4-12)5-13-10/h5-6H,2-3H2,1H3. The second-order valence-electron chi connectivity index (χ2n) is 3.81. The molecule has 0 amide bonds. The first-order chi connectivity index (χ1) is 7.83. The first-order valence-electron chi connectivity index (χ1n) is 5.07. The van der Waals surface area contributed by atoms with Crippen molar-refractivity contribution in [3.63, 3.8) is 0 Å². The summed E-state index contributed by atoms with van der Waals surface area (Å²) in [6.07, 6.45) is 6.07. The topological polar surface area (TPSA) is 49.6 Å². The lowest BCUT2D eigenvalue weighted by Crippen LogP contribution is -1.90. The van der Waals surface area contributed by atoms with Gasteiger partial charge in [0.2, 0.25) is 0 Å². The van der Waals surface area contributed by atoms with Gasteiger partial charge in [-0.2, -0.15) is 5.26 Å². The summed E-state index contributed by atoms with van der Waals surface area (Å²) in [7, 11) is 0. The molecule has 0 N–H and O–H groups in total. The van der Waals surface area contributed by atoms with Gasteiger partial charge in [-0.05, 0) is 30.6 Å². The van der Waals surface area contributed by atoms with Crippen LogP contribution in [0.25, 0.3) is 10.3 Å². The second kappa shape index (κ2) is 3.72. The normalized spacial score (nSPS) is 15.2. The van der Waals surface area contributed by atoms with Crippen molar-refractivity contribution in [2.75, 3.05) is 6.26 Å². The highest BCUT2D eigenvalue weighted by Gasteiger charge is 2.29. The minimum atomic E-state index is 0.565. The summed E-state index contributed by atoms with van der Waals surface area (Å²) in [6, 6.07) is 2.25. The number of fused-ring (bicyclic) bond motifs is 1. The van der Waals surface area contributed by atoms with Gasteiger partial charge in [-0.15, -0.1) is 11.3 Å². The van der Waals surface area contributed by atoms with Gasteiger partial charge in [-0.25, -0.2) is 9.97 Å². The fourth-order valence-electron chi connectivity index (χ4n) is 1.83. The average molecular weight is 247 g/mol. The largest absolute Gasteiger partial charge is 0.234 e. The summed E-state index contributed by atoms with van der Waals surface area (Å²) < 4.78 is 2.14. The lowest BCUT2D eigenvalue weighted by molar-refractivity contribution is 1.12.